The van der Waals surface area contributed by atoms with E-state index in [2.05, 4.69) is 10.6 Å². The van der Waals surface area contributed by atoms with E-state index in [1.54, 1.807) is 43.3 Å². The predicted octanol–water partition coefficient (Wildman–Crippen LogP) is 3.23. The quantitative estimate of drug-likeness (QED) is 0.821. The molecule has 0 saturated carbocycles. The van der Waals surface area contributed by atoms with Crippen LogP contribution in [0.5, 0.6) is 5.75 Å². The molecule has 0 aliphatic heterocycles. The minimum absolute atomic E-state index is 0.204. The molecule has 5 nitrogen and oxygen atoms in total. The largest absolute Gasteiger partial charge is 0.481 e. The zero-order valence-corrected chi connectivity index (χ0v) is 13.9. The first-order valence-corrected chi connectivity index (χ1v) is 8.01. The number of nitrogens with one attached hydrogen (secondary N) is 2. The van der Waals surface area contributed by atoms with E-state index in [1.165, 1.54) is 0 Å². The maximum absolute atomic E-state index is 12.3. The molecule has 5 heteroatoms. The van der Waals surface area contributed by atoms with E-state index in [4.69, 9.17) is 4.74 Å². The Balaban J connectivity index is 2.04. The maximum atomic E-state index is 12.3. The molecule has 2 aromatic carbocycles. The van der Waals surface area contributed by atoms with Crippen LogP contribution in [0.2, 0.25) is 0 Å². The molecule has 0 bridgehead atoms. The normalized spacial score (nSPS) is 11.4. The minimum Gasteiger partial charge on any atom is -0.481 e. The highest BCUT2D eigenvalue weighted by molar-refractivity contribution is 6.04. The Morgan fingerprint density at radius 1 is 1.04 bits per heavy atom. The van der Waals surface area contributed by atoms with Crippen molar-refractivity contribution in [1.29, 1.82) is 0 Å². The molecular formula is C19H22N2O3. The molecule has 0 aliphatic carbocycles. The monoisotopic (exact) mass is 326 g/mol. The first-order chi connectivity index (χ1) is 11.6. The number of ether oxygens (including phenoxy) is 1. The molecule has 0 heterocycles. The first-order valence-electron chi connectivity index (χ1n) is 8.01. The molecule has 0 fully saturated rings. The van der Waals surface area contributed by atoms with Gasteiger partial charge in [-0.15, -0.1) is 0 Å². The Kier molecular flexibility index (Phi) is 6.37. The van der Waals surface area contributed by atoms with Crippen LogP contribution in [0.1, 0.15) is 30.6 Å². The molecule has 0 radical (unpaired) electrons. The van der Waals surface area contributed by atoms with Gasteiger partial charge in [0, 0.05) is 6.54 Å². The highest BCUT2D eigenvalue weighted by Crippen LogP contribution is 2.17. The highest BCUT2D eigenvalue weighted by Gasteiger charge is 2.18. The third-order valence-corrected chi connectivity index (χ3v) is 3.39. The summed E-state index contributed by atoms with van der Waals surface area (Å²) in [6.45, 7) is 4.24. The van der Waals surface area contributed by atoms with Crippen molar-refractivity contribution >= 4 is 17.5 Å². The van der Waals surface area contributed by atoms with Gasteiger partial charge >= 0.3 is 0 Å². The average molecular weight is 326 g/mol. The van der Waals surface area contributed by atoms with Crippen LogP contribution in [0.25, 0.3) is 0 Å². The Morgan fingerprint density at radius 3 is 2.42 bits per heavy atom. The molecule has 24 heavy (non-hydrogen) atoms. The van der Waals surface area contributed by atoms with E-state index < -0.39 is 6.10 Å². The molecule has 2 N–H and O–H groups in total. The van der Waals surface area contributed by atoms with E-state index in [1.807, 2.05) is 25.1 Å². The second-order valence-electron chi connectivity index (χ2n) is 5.36. The lowest BCUT2D eigenvalue weighted by molar-refractivity contribution is -0.122. The van der Waals surface area contributed by atoms with Crippen LogP contribution >= 0.6 is 0 Å². The Bertz CT molecular complexity index is 686. The third kappa shape index (κ3) is 4.84. The van der Waals surface area contributed by atoms with Crippen molar-refractivity contribution in [2.75, 3.05) is 11.9 Å². The molecule has 2 amide bonds. The van der Waals surface area contributed by atoms with Crippen LogP contribution in [-0.4, -0.2) is 24.5 Å². The summed E-state index contributed by atoms with van der Waals surface area (Å²) in [6.07, 6.45) is 0.168. The second-order valence-corrected chi connectivity index (χ2v) is 5.36. The number of carbonyl (C=O) groups is 2. The molecule has 2 aromatic rings. The van der Waals surface area contributed by atoms with Gasteiger partial charge in [0.15, 0.2) is 6.10 Å². The van der Waals surface area contributed by atoms with Gasteiger partial charge in [0.25, 0.3) is 11.8 Å². The van der Waals surface area contributed by atoms with Gasteiger partial charge in [-0.3, -0.25) is 9.59 Å². The Morgan fingerprint density at radius 2 is 1.71 bits per heavy atom. The summed E-state index contributed by atoms with van der Waals surface area (Å²) >= 11 is 0. The fourth-order valence-electron chi connectivity index (χ4n) is 2.11. The fourth-order valence-corrected chi connectivity index (χ4v) is 2.11. The summed E-state index contributed by atoms with van der Waals surface area (Å²) in [5, 5.41) is 5.57. The van der Waals surface area contributed by atoms with Crippen LogP contribution < -0.4 is 15.4 Å². The predicted molar refractivity (Wildman–Crippen MR) is 94.2 cm³/mol. The number of hydrogen-bond donors (Lipinski definition) is 2. The lowest BCUT2D eigenvalue weighted by Crippen LogP contribution is -2.31. The summed E-state index contributed by atoms with van der Waals surface area (Å²) in [7, 11) is 0. The molecule has 126 valence electrons. The molecular weight excluding hydrogens is 304 g/mol. The van der Waals surface area contributed by atoms with Crippen molar-refractivity contribution in [1.82, 2.24) is 5.32 Å². The van der Waals surface area contributed by atoms with Gasteiger partial charge in [-0.05, 0) is 37.6 Å². The third-order valence-electron chi connectivity index (χ3n) is 3.39. The molecule has 0 aliphatic rings. The maximum Gasteiger partial charge on any atom is 0.265 e. The zero-order chi connectivity index (χ0) is 17.4. The van der Waals surface area contributed by atoms with Crippen LogP contribution in [-0.2, 0) is 4.79 Å². The van der Waals surface area contributed by atoms with Crippen molar-refractivity contribution in [3.05, 3.63) is 60.2 Å². The van der Waals surface area contributed by atoms with Gasteiger partial charge in [-0.25, -0.2) is 0 Å². The number of amides is 2. The highest BCUT2D eigenvalue weighted by atomic mass is 16.5. The van der Waals surface area contributed by atoms with E-state index in [-0.39, 0.29) is 11.8 Å². The fraction of sp³-hybridized carbons (Fsp3) is 0.263. The molecule has 0 unspecified atom stereocenters. The van der Waals surface area contributed by atoms with Crippen molar-refractivity contribution in [2.24, 2.45) is 0 Å². The van der Waals surface area contributed by atoms with E-state index in [0.29, 0.717) is 23.5 Å². The van der Waals surface area contributed by atoms with Gasteiger partial charge in [0.2, 0.25) is 0 Å². The number of rotatable bonds is 7. The lowest BCUT2D eigenvalue weighted by atomic mass is 10.1. The zero-order valence-electron chi connectivity index (χ0n) is 13.9. The van der Waals surface area contributed by atoms with Crippen LogP contribution in [0.3, 0.4) is 0 Å². The SMILES string of the molecule is CCCNC(=O)c1ccccc1NC(=O)[C@@H](C)Oc1ccccc1. The summed E-state index contributed by atoms with van der Waals surface area (Å²) in [5.41, 5.74) is 0.908. The van der Waals surface area contributed by atoms with Crippen LogP contribution in [0, 0.1) is 0 Å². The van der Waals surface area contributed by atoms with Crippen molar-refractivity contribution < 1.29 is 14.3 Å². The number of anilines is 1. The molecule has 0 spiro atoms. The standard InChI is InChI=1S/C19H22N2O3/c1-3-13-20-19(23)16-11-7-8-12-17(16)21-18(22)14(2)24-15-9-5-4-6-10-15/h4-12,14H,3,13H2,1-2H3,(H,20,23)(H,21,22)/t14-/m1/s1. The van der Waals surface area contributed by atoms with E-state index in [9.17, 15) is 9.59 Å². The summed E-state index contributed by atoms with van der Waals surface area (Å²) in [4.78, 5) is 24.5. The van der Waals surface area contributed by atoms with Crippen molar-refractivity contribution in [3.8, 4) is 5.75 Å². The number of carbonyl (C=O) groups excluding carboxylic acids is 2. The first kappa shape index (κ1) is 17.5. The summed E-state index contributed by atoms with van der Waals surface area (Å²) in [5.74, 6) is 0.105. The average Bonchev–Trinajstić information content (AvgIpc) is 2.61. The number of benzene rings is 2. The smallest absolute Gasteiger partial charge is 0.265 e. The van der Waals surface area contributed by atoms with Crippen LogP contribution in [0.4, 0.5) is 5.69 Å². The summed E-state index contributed by atoms with van der Waals surface area (Å²) in [6, 6.07) is 16.1. The molecule has 0 aromatic heterocycles. The van der Waals surface area contributed by atoms with Gasteiger partial charge < -0.3 is 15.4 Å². The number of para-hydroxylation sites is 2. The molecule has 0 saturated heterocycles. The van der Waals surface area contributed by atoms with Gasteiger partial charge in [0.05, 0.1) is 11.3 Å². The second kappa shape index (κ2) is 8.72. The van der Waals surface area contributed by atoms with Gasteiger partial charge in [0.1, 0.15) is 5.75 Å². The van der Waals surface area contributed by atoms with Crippen molar-refractivity contribution in [3.63, 3.8) is 0 Å². The Labute approximate surface area is 142 Å². The molecule has 2 rings (SSSR count). The summed E-state index contributed by atoms with van der Waals surface area (Å²) < 4.78 is 5.60. The van der Waals surface area contributed by atoms with Crippen LogP contribution in [0.15, 0.2) is 54.6 Å². The molecule has 1 atom stereocenters. The topological polar surface area (TPSA) is 67.4 Å². The van der Waals surface area contributed by atoms with Crippen molar-refractivity contribution in [2.45, 2.75) is 26.4 Å². The minimum atomic E-state index is -0.681. The lowest BCUT2D eigenvalue weighted by Gasteiger charge is -2.16. The van der Waals surface area contributed by atoms with E-state index in [0.717, 1.165) is 6.42 Å². The Hall–Kier alpha value is -2.82. The van der Waals surface area contributed by atoms with Gasteiger partial charge in [-0.2, -0.15) is 0 Å². The van der Waals surface area contributed by atoms with E-state index >= 15 is 0 Å². The number of hydrogen-bond acceptors (Lipinski definition) is 3. The van der Waals surface area contributed by atoms with Gasteiger partial charge in [-0.1, -0.05) is 37.3 Å².